The van der Waals surface area contributed by atoms with Crippen LogP contribution >= 0.6 is 22.9 Å². The zero-order valence-electron chi connectivity index (χ0n) is 15.3. The molecule has 0 radical (unpaired) electrons. The fourth-order valence-corrected chi connectivity index (χ4v) is 6.10. The van der Waals surface area contributed by atoms with E-state index in [2.05, 4.69) is 0 Å². The molecule has 1 aliphatic heterocycles. The van der Waals surface area contributed by atoms with E-state index in [0.29, 0.717) is 24.0 Å². The van der Waals surface area contributed by atoms with Gasteiger partial charge in [0.2, 0.25) is 5.91 Å². The topological polar surface area (TPSA) is 60.9 Å². The van der Waals surface area contributed by atoms with Crippen molar-refractivity contribution < 1.29 is 17.6 Å². The Morgan fingerprint density at radius 3 is 2.32 bits per heavy atom. The summed E-state index contributed by atoms with van der Waals surface area (Å²) < 4.78 is 40.4. The van der Waals surface area contributed by atoms with E-state index in [1.54, 1.807) is 23.1 Å². The molecule has 0 bridgehead atoms. The van der Waals surface area contributed by atoms with Crippen molar-refractivity contribution in [2.45, 2.75) is 11.1 Å². The number of thiophene rings is 1. The molecule has 1 saturated heterocycles. The number of hydrogen-bond donors (Lipinski definition) is 0. The van der Waals surface area contributed by atoms with Crippen molar-refractivity contribution in [3.05, 3.63) is 46.6 Å². The summed E-state index contributed by atoms with van der Waals surface area (Å²) in [5.74, 6) is -0.405. The van der Waals surface area contributed by atoms with Crippen LogP contribution in [-0.2, 0) is 14.8 Å². The second-order valence-corrected chi connectivity index (χ2v) is 10.2. The smallest absolute Gasteiger partial charge is 0.252 e. The number of carbonyl (C=O) groups is 1. The summed E-state index contributed by atoms with van der Waals surface area (Å²) in [6.45, 7) is 3.84. The summed E-state index contributed by atoms with van der Waals surface area (Å²) >= 11 is 6.88. The molecule has 0 unspecified atom stereocenters. The third-order valence-electron chi connectivity index (χ3n) is 4.63. The monoisotopic (exact) mass is 445 g/mol. The van der Waals surface area contributed by atoms with Crippen molar-refractivity contribution in [3.63, 3.8) is 0 Å². The van der Waals surface area contributed by atoms with Crippen LogP contribution in [0.25, 0.3) is 0 Å². The predicted molar refractivity (Wildman–Crippen MR) is 109 cm³/mol. The van der Waals surface area contributed by atoms with Crippen LogP contribution in [0.15, 0.2) is 40.6 Å². The minimum absolute atomic E-state index is 0.0811. The highest BCUT2D eigenvalue weighted by molar-refractivity contribution is 7.91. The van der Waals surface area contributed by atoms with E-state index in [0.717, 1.165) is 17.0 Å². The Kier molecular flexibility index (Phi) is 6.59. The SMILES string of the molecule is CCN(CC(=O)N1CCN(S(=O)(=O)c2ccc(Cl)s2)CC1)c1ccc(F)cc1. The molecule has 2 aromatic rings. The summed E-state index contributed by atoms with van der Waals surface area (Å²) in [5.41, 5.74) is 0.771. The van der Waals surface area contributed by atoms with E-state index in [1.807, 2.05) is 11.8 Å². The number of likely N-dealkylation sites (N-methyl/N-ethyl adjacent to an activating group) is 1. The van der Waals surface area contributed by atoms with Gasteiger partial charge in [-0.1, -0.05) is 11.6 Å². The van der Waals surface area contributed by atoms with Gasteiger partial charge in [0.1, 0.15) is 10.0 Å². The second-order valence-electron chi connectivity index (χ2n) is 6.33. The Hall–Kier alpha value is -1.68. The molecular formula is C18H21ClFN3O3S2. The van der Waals surface area contributed by atoms with Crippen LogP contribution in [0.4, 0.5) is 10.1 Å². The highest BCUT2D eigenvalue weighted by atomic mass is 35.5. The highest BCUT2D eigenvalue weighted by Crippen LogP contribution is 2.28. The molecule has 0 aliphatic carbocycles. The predicted octanol–water partition coefficient (Wildman–Crippen LogP) is 2.90. The van der Waals surface area contributed by atoms with E-state index in [9.17, 15) is 17.6 Å². The van der Waals surface area contributed by atoms with Crippen molar-refractivity contribution in [2.24, 2.45) is 0 Å². The average Bonchev–Trinajstić information content (AvgIpc) is 3.14. The maximum Gasteiger partial charge on any atom is 0.252 e. The van der Waals surface area contributed by atoms with Gasteiger partial charge in [-0.15, -0.1) is 11.3 Å². The normalized spacial score (nSPS) is 15.6. The lowest BCUT2D eigenvalue weighted by molar-refractivity contribution is -0.130. The van der Waals surface area contributed by atoms with Crippen LogP contribution in [0.3, 0.4) is 0 Å². The fraction of sp³-hybridized carbons (Fsp3) is 0.389. The summed E-state index contributed by atoms with van der Waals surface area (Å²) in [4.78, 5) is 16.2. The Morgan fingerprint density at radius 1 is 1.14 bits per heavy atom. The first kappa shape index (κ1) is 21.0. The third kappa shape index (κ3) is 4.65. The van der Waals surface area contributed by atoms with E-state index < -0.39 is 10.0 Å². The molecule has 3 rings (SSSR count). The van der Waals surface area contributed by atoms with Crippen molar-refractivity contribution in [2.75, 3.05) is 44.2 Å². The molecule has 152 valence electrons. The Morgan fingerprint density at radius 2 is 1.79 bits per heavy atom. The lowest BCUT2D eigenvalue weighted by Gasteiger charge is -2.35. The number of rotatable bonds is 6. The molecule has 6 nitrogen and oxygen atoms in total. The molecule has 28 heavy (non-hydrogen) atoms. The molecule has 10 heteroatoms. The van der Waals surface area contributed by atoms with Crippen LogP contribution in [0.2, 0.25) is 4.34 Å². The Bertz CT molecular complexity index is 926. The van der Waals surface area contributed by atoms with Crippen LogP contribution in [0, 0.1) is 5.82 Å². The lowest BCUT2D eigenvalue weighted by atomic mass is 10.2. The number of hydrogen-bond acceptors (Lipinski definition) is 5. The van der Waals surface area contributed by atoms with Gasteiger partial charge in [-0.05, 0) is 43.3 Å². The van der Waals surface area contributed by atoms with Gasteiger partial charge in [-0.3, -0.25) is 4.79 Å². The standard InChI is InChI=1S/C18H21ClFN3O3S2/c1-2-21(15-5-3-14(20)4-6-15)13-17(24)22-9-11-23(12-10-22)28(25,26)18-8-7-16(19)27-18/h3-8H,2,9-13H2,1H3. The number of nitrogens with zero attached hydrogens (tertiary/aromatic N) is 3. The van der Waals surface area contributed by atoms with E-state index in [1.165, 1.54) is 22.5 Å². The van der Waals surface area contributed by atoms with E-state index in [4.69, 9.17) is 11.6 Å². The lowest BCUT2D eigenvalue weighted by Crippen LogP contribution is -2.52. The minimum Gasteiger partial charge on any atom is -0.362 e. The number of halogens is 2. The molecule has 1 aliphatic rings. The number of amides is 1. The van der Waals surface area contributed by atoms with Gasteiger partial charge in [0.05, 0.1) is 10.9 Å². The first-order chi connectivity index (χ1) is 13.3. The quantitative estimate of drug-likeness (QED) is 0.686. The number of anilines is 1. The number of piperazine rings is 1. The van der Waals surface area contributed by atoms with Crippen molar-refractivity contribution in [1.82, 2.24) is 9.21 Å². The molecule has 1 fully saturated rings. The van der Waals surface area contributed by atoms with Crippen LogP contribution < -0.4 is 4.90 Å². The summed E-state index contributed by atoms with van der Waals surface area (Å²) in [5, 5.41) is 0. The number of sulfonamides is 1. The largest absolute Gasteiger partial charge is 0.362 e. The Labute approximate surface area is 173 Å². The number of benzene rings is 1. The fourth-order valence-electron chi connectivity index (χ4n) is 3.04. The summed E-state index contributed by atoms with van der Waals surface area (Å²) in [6, 6.07) is 9.08. The maximum absolute atomic E-state index is 13.1. The van der Waals surface area contributed by atoms with Crippen LogP contribution in [0.5, 0.6) is 0 Å². The third-order valence-corrected chi connectivity index (χ3v) is 8.23. The Balaban J connectivity index is 1.59. The maximum atomic E-state index is 13.1. The molecule has 0 saturated carbocycles. The van der Waals surface area contributed by atoms with Gasteiger partial charge >= 0.3 is 0 Å². The van der Waals surface area contributed by atoms with Gasteiger partial charge < -0.3 is 9.80 Å². The van der Waals surface area contributed by atoms with Crippen LogP contribution in [0.1, 0.15) is 6.92 Å². The van der Waals surface area contributed by atoms with E-state index >= 15 is 0 Å². The zero-order valence-corrected chi connectivity index (χ0v) is 17.7. The molecule has 1 amide bonds. The van der Waals surface area contributed by atoms with Gasteiger partial charge in [-0.2, -0.15) is 4.31 Å². The molecule has 0 spiro atoms. The van der Waals surface area contributed by atoms with Crippen molar-refractivity contribution in [3.8, 4) is 0 Å². The van der Waals surface area contributed by atoms with Gasteiger partial charge in [-0.25, -0.2) is 12.8 Å². The van der Waals surface area contributed by atoms with Gasteiger partial charge in [0.25, 0.3) is 10.0 Å². The molecule has 1 aromatic carbocycles. The average molecular weight is 446 g/mol. The molecular weight excluding hydrogens is 425 g/mol. The van der Waals surface area contributed by atoms with E-state index in [-0.39, 0.29) is 35.6 Å². The van der Waals surface area contributed by atoms with Gasteiger partial charge in [0.15, 0.2) is 0 Å². The zero-order chi connectivity index (χ0) is 20.3. The summed E-state index contributed by atoms with van der Waals surface area (Å²) in [6.07, 6.45) is 0. The van der Waals surface area contributed by atoms with Crippen molar-refractivity contribution >= 4 is 44.6 Å². The molecule has 1 aromatic heterocycles. The van der Waals surface area contributed by atoms with Gasteiger partial charge in [0, 0.05) is 38.4 Å². The number of carbonyl (C=O) groups excluding carboxylic acids is 1. The summed E-state index contributed by atoms with van der Waals surface area (Å²) in [7, 11) is -3.58. The minimum atomic E-state index is -3.58. The second kappa shape index (κ2) is 8.77. The molecule has 0 atom stereocenters. The molecule has 2 heterocycles. The first-order valence-electron chi connectivity index (χ1n) is 8.85. The first-order valence-corrected chi connectivity index (χ1v) is 11.5. The van der Waals surface area contributed by atoms with Crippen LogP contribution in [-0.4, -0.2) is 62.8 Å². The van der Waals surface area contributed by atoms with Crippen molar-refractivity contribution in [1.29, 1.82) is 0 Å². The molecule has 0 N–H and O–H groups in total. The highest BCUT2D eigenvalue weighted by Gasteiger charge is 2.31.